The van der Waals surface area contributed by atoms with E-state index >= 15 is 0 Å². The number of hydrogen-bond acceptors (Lipinski definition) is 3. The van der Waals surface area contributed by atoms with Gasteiger partial charge in [-0.05, 0) is 30.3 Å². The van der Waals surface area contributed by atoms with Crippen molar-refractivity contribution in [2.45, 2.75) is 0 Å². The predicted octanol–water partition coefficient (Wildman–Crippen LogP) is 4.21. The summed E-state index contributed by atoms with van der Waals surface area (Å²) in [5.74, 6) is 0. The maximum Gasteiger partial charge on any atom is 0.0661 e. The van der Waals surface area contributed by atoms with Crippen LogP contribution in [0.1, 0.15) is 0 Å². The molecule has 0 fully saturated rings. The molecule has 3 rings (SSSR count). The van der Waals surface area contributed by atoms with Crippen LogP contribution in [0.15, 0.2) is 54.9 Å². The van der Waals surface area contributed by atoms with Crippen LogP contribution >= 0.6 is 11.6 Å². The van der Waals surface area contributed by atoms with Gasteiger partial charge in [-0.25, -0.2) is 0 Å². The number of anilines is 3. The van der Waals surface area contributed by atoms with Gasteiger partial charge in [0, 0.05) is 34.5 Å². The molecule has 2 aromatic carbocycles. The molecule has 0 atom stereocenters. The highest BCUT2D eigenvalue weighted by molar-refractivity contribution is 6.33. The summed E-state index contributed by atoms with van der Waals surface area (Å²) in [7, 11) is 0. The molecule has 94 valence electrons. The molecule has 1 heterocycles. The lowest BCUT2D eigenvalue weighted by molar-refractivity contribution is 1.36. The lowest BCUT2D eigenvalue weighted by Crippen LogP contribution is -1.94. The molecule has 0 aliphatic heterocycles. The average Bonchev–Trinajstić information content (AvgIpc) is 2.42. The SMILES string of the molecule is Nc1ccc(Nc2cccc3cnccc23)c(Cl)c1. The van der Waals surface area contributed by atoms with E-state index in [9.17, 15) is 0 Å². The van der Waals surface area contributed by atoms with Gasteiger partial charge >= 0.3 is 0 Å². The number of pyridine rings is 1. The van der Waals surface area contributed by atoms with E-state index in [1.54, 1.807) is 12.3 Å². The minimum Gasteiger partial charge on any atom is -0.399 e. The Hall–Kier alpha value is -2.26. The van der Waals surface area contributed by atoms with Crippen molar-refractivity contribution in [3.05, 3.63) is 59.9 Å². The summed E-state index contributed by atoms with van der Waals surface area (Å²) in [4.78, 5) is 4.12. The zero-order valence-electron chi connectivity index (χ0n) is 10.1. The molecular formula is C15H12ClN3. The molecule has 0 amide bonds. The van der Waals surface area contributed by atoms with Crippen molar-refractivity contribution in [2.24, 2.45) is 0 Å². The standard InChI is InChI=1S/C15H12ClN3/c16-13-8-11(17)4-5-15(13)19-14-3-1-2-10-9-18-7-6-12(10)14/h1-9,19H,17H2. The molecule has 0 bridgehead atoms. The molecule has 0 aliphatic rings. The molecule has 0 spiro atoms. The van der Waals surface area contributed by atoms with Gasteiger partial charge in [-0.15, -0.1) is 0 Å². The maximum absolute atomic E-state index is 6.18. The number of rotatable bonds is 2. The van der Waals surface area contributed by atoms with Crippen LogP contribution in [0.2, 0.25) is 5.02 Å². The van der Waals surface area contributed by atoms with E-state index in [1.165, 1.54) is 0 Å². The minimum atomic E-state index is 0.603. The minimum absolute atomic E-state index is 0.603. The molecule has 1 aromatic heterocycles. The Morgan fingerprint density at radius 3 is 2.79 bits per heavy atom. The Morgan fingerprint density at radius 2 is 1.95 bits per heavy atom. The number of nitrogens with two attached hydrogens (primary N) is 1. The predicted molar refractivity (Wildman–Crippen MR) is 80.9 cm³/mol. The van der Waals surface area contributed by atoms with Gasteiger partial charge in [0.15, 0.2) is 0 Å². The summed E-state index contributed by atoms with van der Waals surface area (Å²) in [6, 6.07) is 13.4. The third-order valence-electron chi connectivity index (χ3n) is 2.94. The molecule has 3 N–H and O–H groups in total. The van der Waals surface area contributed by atoms with Gasteiger partial charge in [0.1, 0.15) is 0 Å². The number of halogens is 1. The maximum atomic E-state index is 6.18. The number of nitrogen functional groups attached to an aromatic ring is 1. The number of fused-ring (bicyclic) bond motifs is 1. The largest absolute Gasteiger partial charge is 0.399 e. The van der Waals surface area contributed by atoms with Crippen LogP contribution in [-0.2, 0) is 0 Å². The van der Waals surface area contributed by atoms with E-state index in [-0.39, 0.29) is 0 Å². The number of hydrogen-bond donors (Lipinski definition) is 2. The summed E-state index contributed by atoms with van der Waals surface area (Å²) in [5, 5.41) is 6.11. The normalized spacial score (nSPS) is 10.6. The van der Waals surface area contributed by atoms with E-state index in [0.29, 0.717) is 10.7 Å². The Bertz CT molecular complexity index is 735. The zero-order chi connectivity index (χ0) is 13.2. The van der Waals surface area contributed by atoms with Crippen LogP contribution in [0, 0.1) is 0 Å². The van der Waals surface area contributed by atoms with Crippen molar-refractivity contribution < 1.29 is 0 Å². The van der Waals surface area contributed by atoms with Crippen molar-refractivity contribution in [3.63, 3.8) is 0 Å². The van der Waals surface area contributed by atoms with E-state index in [0.717, 1.165) is 22.1 Å². The molecule has 0 unspecified atom stereocenters. The second kappa shape index (κ2) is 4.78. The van der Waals surface area contributed by atoms with Crippen molar-refractivity contribution in [1.82, 2.24) is 4.98 Å². The molecule has 0 saturated carbocycles. The van der Waals surface area contributed by atoms with Gasteiger partial charge in [-0.1, -0.05) is 23.7 Å². The number of nitrogens with zero attached hydrogens (tertiary/aromatic N) is 1. The van der Waals surface area contributed by atoms with Gasteiger partial charge < -0.3 is 11.1 Å². The quantitative estimate of drug-likeness (QED) is 0.685. The monoisotopic (exact) mass is 269 g/mol. The van der Waals surface area contributed by atoms with Crippen molar-refractivity contribution in [3.8, 4) is 0 Å². The fraction of sp³-hybridized carbons (Fsp3) is 0. The van der Waals surface area contributed by atoms with E-state index in [4.69, 9.17) is 17.3 Å². The van der Waals surface area contributed by atoms with Crippen LogP contribution in [0.25, 0.3) is 10.8 Å². The second-order valence-electron chi connectivity index (χ2n) is 4.27. The van der Waals surface area contributed by atoms with Crippen LogP contribution in [0.3, 0.4) is 0 Å². The van der Waals surface area contributed by atoms with E-state index in [2.05, 4.69) is 10.3 Å². The third-order valence-corrected chi connectivity index (χ3v) is 3.26. The number of benzene rings is 2. The average molecular weight is 270 g/mol. The topological polar surface area (TPSA) is 50.9 Å². The molecule has 19 heavy (non-hydrogen) atoms. The highest BCUT2D eigenvalue weighted by Gasteiger charge is 2.04. The number of nitrogens with one attached hydrogen (secondary N) is 1. The summed E-state index contributed by atoms with van der Waals surface area (Å²) in [6.45, 7) is 0. The fourth-order valence-corrected chi connectivity index (χ4v) is 2.25. The van der Waals surface area contributed by atoms with Crippen LogP contribution in [-0.4, -0.2) is 4.98 Å². The molecule has 0 radical (unpaired) electrons. The Balaban J connectivity index is 2.06. The van der Waals surface area contributed by atoms with E-state index in [1.807, 2.05) is 42.6 Å². The van der Waals surface area contributed by atoms with Crippen molar-refractivity contribution in [1.29, 1.82) is 0 Å². The first-order valence-corrected chi connectivity index (χ1v) is 6.26. The zero-order valence-corrected chi connectivity index (χ0v) is 10.9. The van der Waals surface area contributed by atoms with Gasteiger partial charge in [0.25, 0.3) is 0 Å². The summed E-state index contributed by atoms with van der Waals surface area (Å²) >= 11 is 6.18. The smallest absolute Gasteiger partial charge is 0.0661 e. The van der Waals surface area contributed by atoms with Gasteiger partial charge in [0.2, 0.25) is 0 Å². The molecule has 0 aliphatic carbocycles. The highest BCUT2D eigenvalue weighted by atomic mass is 35.5. The van der Waals surface area contributed by atoms with Gasteiger partial charge in [0.05, 0.1) is 10.7 Å². The molecule has 3 nitrogen and oxygen atoms in total. The Kier molecular flexibility index (Phi) is 2.97. The number of aromatic nitrogens is 1. The first-order chi connectivity index (χ1) is 9.24. The molecule has 3 aromatic rings. The van der Waals surface area contributed by atoms with Gasteiger partial charge in [-0.2, -0.15) is 0 Å². The Morgan fingerprint density at radius 1 is 1.05 bits per heavy atom. The lowest BCUT2D eigenvalue weighted by Gasteiger charge is -2.11. The first-order valence-electron chi connectivity index (χ1n) is 5.89. The fourth-order valence-electron chi connectivity index (χ4n) is 2.01. The Labute approximate surface area is 116 Å². The molecule has 4 heteroatoms. The highest BCUT2D eigenvalue weighted by Crippen LogP contribution is 2.30. The second-order valence-corrected chi connectivity index (χ2v) is 4.67. The van der Waals surface area contributed by atoms with Crippen LogP contribution in [0.4, 0.5) is 17.1 Å². The van der Waals surface area contributed by atoms with Gasteiger partial charge in [-0.3, -0.25) is 4.98 Å². The summed E-state index contributed by atoms with van der Waals surface area (Å²) in [5.41, 5.74) is 8.17. The van der Waals surface area contributed by atoms with Crippen LogP contribution < -0.4 is 11.1 Å². The molecule has 0 saturated heterocycles. The van der Waals surface area contributed by atoms with E-state index < -0.39 is 0 Å². The lowest BCUT2D eigenvalue weighted by atomic mass is 10.1. The summed E-state index contributed by atoms with van der Waals surface area (Å²) < 4.78 is 0. The molecular weight excluding hydrogens is 258 g/mol. The third kappa shape index (κ3) is 2.33. The first kappa shape index (κ1) is 11.8. The van der Waals surface area contributed by atoms with Crippen LogP contribution in [0.5, 0.6) is 0 Å². The summed E-state index contributed by atoms with van der Waals surface area (Å²) in [6.07, 6.45) is 3.61. The van der Waals surface area contributed by atoms with Crippen molar-refractivity contribution >= 4 is 39.4 Å². The van der Waals surface area contributed by atoms with Crippen molar-refractivity contribution in [2.75, 3.05) is 11.1 Å².